The van der Waals surface area contributed by atoms with E-state index in [0.29, 0.717) is 24.2 Å². The third-order valence-electron chi connectivity index (χ3n) is 2.93. The second-order valence-corrected chi connectivity index (χ2v) is 5.54. The third-order valence-corrected chi connectivity index (χ3v) is 2.93. The first kappa shape index (κ1) is 16.8. The molecule has 0 aliphatic heterocycles. The Balaban J connectivity index is 1.97. The van der Waals surface area contributed by atoms with Crippen LogP contribution in [-0.2, 0) is 17.6 Å². The van der Waals surface area contributed by atoms with Gasteiger partial charge in [0.1, 0.15) is 12.7 Å². The minimum absolute atomic E-state index is 0.0784. The fraction of sp³-hybridized carbons (Fsp3) is 0.429. The first-order valence-electron chi connectivity index (χ1n) is 7.18. The number of rotatable bonds is 4. The lowest BCUT2D eigenvalue weighted by molar-refractivity contribution is 0.152. The summed E-state index contributed by atoms with van der Waals surface area (Å²) in [6.45, 7) is 3.67. The zero-order valence-electron chi connectivity index (χ0n) is 13.0. The second kappa shape index (κ2) is 7.16. The van der Waals surface area contributed by atoms with Crippen LogP contribution in [0.25, 0.3) is 0 Å². The molecule has 0 fully saturated rings. The van der Waals surface area contributed by atoms with Crippen LogP contribution >= 0.6 is 0 Å². The number of carbonyl (C=O) groups is 2. The van der Waals surface area contributed by atoms with Crippen LogP contribution in [0, 0.1) is 0 Å². The Morgan fingerprint density at radius 2 is 1.39 bits per heavy atom. The Kier molecular flexibility index (Phi) is 5.24. The molecule has 23 heavy (non-hydrogen) atoms. The van der Waals surface area contributed by atoms with Gasteiger partial charge in [-0.3, -0.25) is 0 Å². The van der Waals surface area contributed by atoms with E-state index in [-0.39, 0.29) is 12.1 Å². The fourth-order valence-corrected chi connectivity index (χ4v) is 1.98. The predicted octanol–water partition coefficient (Wildman–Crippen LogP) is 0.512. The van der Waals surface area contributed by atoms with E-state index in [1.54, 1.807) is 0 Å². The quantitative estimate of drug-likeness (QED) is 0.785. The van der Waals surface area contributed by atoms with Crippen LogP contribution < -0.4 is 11.5 Å². The molecule has 2 rings (SSSR count). The molecule has 2 heterocycles. The molecule has 0 bridgehead atoms. The summed E-state index contributed by atoms with van der Waals surface area (Å²) >= 11 is 0. The van der Waals surface area contributed by atoms with Crippen LogP contribution in [0.5, 0.6) is 0 Å². The summed E-state index contributed by atoms with van der Waals surface area (Å²) in [6, 6.07) is -0.157. The lowest BCUT2D eigenvalue weighted by atomic mass is 10.2. The van der Waals surface area contributed by atoms with E-state index in [9.17, 15) is 9.59 Å². The molecule has 0 radical (unpaired) electrons. The van der Waals surface area contributed by atoms with Gasteiger partial charge in [0.05, 0.1) is 11.4 Å². The number of carbonyl (C=O) groups excluding carboxylic acids is 2. The Hall–Kier alpha value is -2.52. The van der Waals surface area contributed by atoms with Gasteiger partial charge in [0, 0.05) is 37.3 Å². The minimum Gasteiger partial charge on any atom is -0.358 e. The van der Waals surface area contributed by atoms with Crippen molar-refractivity contribution >= 4 is 12.2 Å². The van der Waals surface area contributed by atoms with Crippen LogP contribution in [0.15, 0.2) is 25.0 Å². The van der Waals surface area contributed by atoms with Crippen molar-refractivity contribution in [1.82, 2.24) is 19.1 Å². The van der Waals surface area contributed by atoms with Gasteiger partial charge in [-0.15, -0.1) is 0 Å². The summed E-state index contributed by atoms with van der Waals surface area (Å²) in [4.78, 5) is 31.9. The molecule has 0 aromatic carbocycles. The van der Waals surface area contributed by atoms with Gasteiger partial charge in [-0.25, -0.2) is 28.7 Å². The van der Waals surface area contributed by atoms with Crippen LogP contribution in [0.4, 0.5) is 9.59 Å². The zero-order chi connectivity index (χ0) is 17.0. The molecular weight excluding hydrogens is 300 g/mol. The van der Waals surface area contributed by atoms with Crippen molar-refractivity contribution in [3.8, 4) is 0 Å². The Bertz CT molecular complexity index is 630. The molecule has 124 valence electrons. The number of ether oxygens (including phenoxy) is 1. The predicted molar refractivity (Wildman–Crippen MR) is 81.8 cm³/mol. The molecule has 0 saturated carbocycles. The summed E-state index contributed by atoms with van der Waals surface area (Å²) in [5.74, 6) is 0. The van der Waals surface area contributed by atoms with Crippen LogP contribution in [-0.4, -0.2) is 43.4 Å². The highest BCUT2D eigenvalue weighted by molar-refractivity contribution is 5.85. The Morgan fingerprint density at radius 1 is 1.00 bits per heavy atom. The van der Waals surface area contributed by atoms with Gasteiger partial charge in [0.25, 0.3) is 0 Å². The molecule has 2 aromatic rings. The van der Waals surface area contributed by atoms with Crippen LogP contribution in [0.2, 0.25) is 0 Å². The second-order valence-electron chi connectivity index (χ2n) is 5.54. The molecule has 4 N–H and O–H groups in total. The third kappa shape index (κ3) is 4.73. The maximum Gasteiger partial charge on any atom is 0.428 e. The van der Waals surface area contributed by atoms with Gasteiger partial charge in [0.15, 0.2) is 0 Å². The number of hydrogen-bond donors (Lipinski definition) is 2. The molecule has 0 aliphatic rings. The molecule has 9 heteroatoms. The summed E-state index contributed by atoms with van der Waals surface area (Å²) < 4.78 is 6.95. The van der Waals surface area contributed by atoms with E-state index in [2.05, 4.69) is 9.97 Å². The SMILES string of the molecule is C[C@@H](N)Cc1cn(C(=O)OC(=O)n2cnc(C[C@@H](C)N)c2)cn1. The Morgan fingerprint density at radius 3 is 1.74 bits per heavy atom. The van der Waals surface area contributed by atoms with Crippen molar-refractivity contribution in [2.24, 2.45) is 11.5 Å². The van der Waals surface area contributed by atoms with E-state index >= 15 is 0 Å². The molecule has 2 aromatic heterocycles. The highest BCUT2D eigenvalue weighted by atomic mass is 16.6. The molecular formula is C14H20N6O3. The number of nitrogens with zero attached hydrogens (tertiary/aromatic N) is 4. The summed E-state index contributed by atoms with van der Waals surface area (Å²) in [7, 11) is 0. The first-order valence-corrected chi connectivity index (χ1v) is 7.18. The molecule has 0 amide bonds. The van der Waals surface area contributed by atoms with E-state index in [0.717, 1.165) is 9.13 Å². The molecule has 2 atom stereocenters. The summed E-state index contributed by atoms with van der Waals surface area (Å²) in [5, 5.41) is 0. The van der Waals surface area contributed by atoms with Crippen molar-refractivity contribution in [1.29, 1.82) is 0 Å². The van der Waals surface area contributed by atoms with Crippen molar-refractivity contribution in [3.05, 3.63) is 36.4 Å². The van der Waals surface area contributed by atoms with E-state index < -0.39 is 12.2 Å². The van der Waals surface area contributed by atoms with Crippen LogP contribution in [0.3, 0.4) is 0 Å². The van der Waals surface area contributed by atoms with Gasteiger partial charge in [-0.05, 0) is 13.8 Å². The van der Waals surface area contributed by atoms with Gasteiger partial charge in [-0.1, -0.05) is 0 Å². The molecule has 0 saturated heterocycles. The minimum atomic E-state index is -0.846. The van der Waals surface area contributed by atoms with Gasteiger partial charge < -0.3 is 16.2 Å². The maximum atomic E-state index is 11.9. The standard InChI is InChI=1S/C14H20N6O3/c1-9(15)3-11-5-19(7-17-11)13(21)23-14(22)20-6-12(18-8-20)4-10(2)16/h5-10H,3-4,15-16H2,1-2H3/t9-,10-/m1/s1. The highest BCUT2D eigenvalue weighted by Crippen LogP contribution is 2.04. The lowest BCUT2D eigenvalue weighted by Crippen LogP contribution is -2.21. The number of aromatic nitrogens is 4. The van der Waals surface area contributed by atoms with Gasteiger partial charge in [-0.2, -0.15) is 0 Å². The molecule has 0 spiro atoms. The average molecular weight is 320 g/mol. The number of imidazole rings is 2. The summed E-state index contributed by atoms with van der Waals surface area (Å²) in [6.07, 6.45) is 4.88. The number of nitrogens with two attached hydrogens (primary N) is 2. The Labute approximate surface area is 133 Å². The monoisotopic (exact) mass is 320 g/mol. The topological polar surface area (TPSA) is 131 Å². The first-order chi connectivity index (χ1) is 10.8. The summed E-state index contributed by atoms with van der Waals surface area (Å²) in [5.41, 5.74) is 12.6. The average Bonchev–Trinajstić information content (AvgIpc) is 3.06. The molecule has 9 nitrogen and oxygen atoms in total. The van der Waals surface area contributed by atoms with E-state index in [1.165, 1.54) is 25.0 Å². The van der Waals surface area contributed by atoms with Crippen molar-refractivity contribution in [3.63, 3.8) is 0 Å². The van der Waals surface area contributed by atoms with Crippen LogP contribution in [0.1, 0.15) is 25.2 Å². The highest BCUT2D eigenvalue weighted by Gasteiger charge is 2.16. The van der Waals surface area contributed by atoms with Gasteiger partial charge in [0.2, 0.25) is 0 Å². The van der Waals surface area contributed by atoms with Crippen molar-refractivity contribution in [2.45, 2.75) is 38.8 Å². The van der Waals surface area contributed by atoms with Gasteiger partial charge >= 0.3 is 12.2 Å². The zero-order valence-corrected chi connectivity index (χ0v) is 13.0. The van der Waals surface area contributed by atoms with E-state index in [4.69, 9.17) is 16.2 Å². The number of hydrogen-bond acceptors (Lipinski definition) is 7. The maximum absolute atomic E-state index is 11.9. The smallest absolute Gasteiger partial charge is 0.358 e. The van der Waals surface area contributed by atoms with Crippen molar-refractivity contribution in [2.75, 3.05) is 0 Å². The lowest BCUT2D eigenvalue weighted by Gasteiger charge is -2.03. The largest absolute Gasteiger partial charge is 0.428 e. The fourth-order valence-electron chi connectivity index (χ4n) is 1.98. The van der Waals surface area contributed by atoms with E-state index in [1.807, 2.05) is 13.8 Å². The molecule has 0 aliphatic carbocycles. The molecule has 0 unspecified atom stereocenters. The van der Waals surface area contributed by atoms with Crippen molar-refractivity contribution < 1.29 is 14.3 Å². The normalized spacial score (nSPS) is 13.6.